The maximum absolute atomic E-state index is 13.9. The SMILES string of the molecule is C=C1Cc2ccc(N3CCOCC3)c3cccc(c23)C(=O)N1CC(=O)NCCCNC(=O)CN1C(=O)C2=CCC=C(N3CCOCC3)c3cccc(c32)C1=O. The Labute approximate surface area is 319 Å². The number of nitrogens with zero attached hydrogens (tertiary/aromatic N) is 4. The van der Waals surface area contributed by atoms with E-state index in [1.165, 1.54) is 4.90 Å². The summed E-state index contributed by atoms with van der Waals surface area (Å²) in [6.45, 7) is 9.54. The molecule has 284 valence electrons. The summed E-state index contributed by atoms with van der Waals surface area (Å²) in [6.07, 6.45) is 5.25. The van der Waals surface area contributed by atoms with Crippen LogP contribution < -0.4 is 15.5 Å². The molecule has 0 radical (unpaired) electrons. The van der Waals surface area contributed by atoms with Gasteiger partial charge in [0.1, 0.15) is 13.1 Å². The van der Waals surface area contributed by atoms with Gasteiger partial charge in [0.15, 0.2) is 0 Å². The van der Waals surface area contributed by atoms with Gasteiger partial charge in [0.25, 0.3) is 17.7 Å². The number of carbonyl (C=O) groups is 5. The van der Waals surface area contributed by atoms with Crippen LogP contribution >= 0.6 is 0 Å². The number of hydrogen-bond donors (Lipinski definition) is 2. The number of rotatable bonds is 10. The number of carbonyl (C=O) groups excluding carboxylic acids is 5. The van der Waals surface area contributed by atoms with Crippen LogP contribution in [0.25, 0.3) is 22.0 Å². The zero-order valence-electron chi connectivity index (χ0n) is 30.7. The molecule has 0 unspecified atom stereocenters. The molecule has 2 saturated heterocycles. The second-order valence-electron chi connectivity index (χ2n) is 14.2. The smallest absolute Gasteiger partial charge is 0.261 e. The number of amides is 5. The third kappa shape index (κ3) is 7.01. The van der Waals surface area contributed by atoms with Crippen molar-refractivity contribution in [1.82, 2.24) is 25.3 Å². The molecule has 4 aliphatic heterocycles. The topological polar surface area (TPSA) is 141 Å². The molecule has 2 fully saturated rings. The van der Waals surface area contributed by atoms with Crippen molar-refractivity contribution in [2.24, 2.45) is 0 Å². The van der Waals surface area contributed by atoms with E-state index in [-0.39, 0.29) is 31.4 Å². The molecule has 1 aliphatic carbocycles. The lowest BCUT2D eigenvalue weighted by atomic mass is 9.88. The van der Waals surface area contributed by atoms with Crippen molar-refractivity contribution in [1.29, 1.82) is 0 Å². The number of hydrogen-bond acceptors (Lipinski definition) is 9. The Balaban J connectivity index is 0.845. The lowest BCUT2D eigenvalue weighted by molar-refractivity contribution is -0.129. The van der Waals surface area contributed by atoms with Gasteiger partial charge in [-0.3, -0.25) is 28.9 Å². The number of benzene rings is 3. The summed E-state index contributed by atoms with van der Waals surface area (Å²) in [4.78, 5) is 74.2. The summed E-state index contributed by atoms with van der Waals surface area (Å²) in [7, 11) is 0. The van der Waals surface area contributed by atoms with Crippen LogP contribution in [0, 0.1) is 0 Å². The first-order valence-corrected chi connectivity index (χ1v) is 18.9. The number of morpholine rings is 2. The first-order chi connectivity index (χ1) is 26.8. The molecule has 13 heteroatoms. The normalized spacial score (nSPS) is 18.4. The van der Waals surface area contributed by atoms with E-state index < -0.39 is 24.3 Å². The van der Waals surface area contributed by atoms with Crippen LogP contribution in [0.15, 0.2) is 73.0 Å². The predicted molar refractivity (Wildman–Crippen MR) is 207 cm³/mol. The summed E-state index contributed by atoms with van der Waals surface area (Å²) in [5, 5.41) is 7.50. The minimum Gasteiger partial charge on any atom is -0.378 e. The molecule has 0 aromatic heterocycles. The fourth-order valence-corrected chi connectivity index (χ4v) is 8.16. The Kier molecular flexibility index (Phi) is 10.2. The van der Waals surface area contributed by atoms with Gasteiger partial charge in [-0.2, -0.15) is 0 Å². The lowest BCUT2D eigenvalue weighted by Crippen LogP contribution is -2.47. The highest BCUT2D eigenvalue weighted by Crippen LogP contribution is 2.39. The number of allylic oxidation sites excluding steroid dienone is 3. The van der Waals surface area contributed by atoms with Crippen molar-refractivity contribution in [2.75, 3.05) is 83.7 Å². The fraction of sp³-hybridized carbons (Fsp3) is 0.357. The van der Waals surface area contributed by atoms with Crippen molar-refractivity contribution < 1.29 is 33.4 Å². The van der Waals surface area contributed by atoms with Gasteiger partial charge in [0, 0.05) is 101 Å². The molecule has 4 heterocycles. The fourth-order valence-electron chi connectivity index (χ4n) is 8.16. The second-order valence-corrected chi connectivity index (χ2v) is 14.2. The zero-order valence-corrected chi connectivity index (χ0v) is 30.7. The van der Waals surface area contributed by atoms with E-state index >= 15 is 0 Å². The van der Waals surface area contributed by atoms with E-state index in [4.69, 9.17) is 9.47 Å². The highest BCUT2D eigenvalue weighted by atomic mass is 16.5. The Bertz CT molecular complexity index is 2160. The predicted octanol–water partition coefficient (Wildman–Crippen LogP) is 2.95. The summed E-state index contributed by atoms with van der Waals surface area (Å²) in [5.41, 5.74) is 6.37. The van der Waals surface area contributed by atoms with Crippen LogP contribution in [0.2, 0.25) is 0 Å². The highest BCUT2D eigenvalue weighted by Gasteiger charge is 2.39. The second kappa shape index (κ2) is 15.5. The third-order valence-corrected chi connectivity index (χ3v) is 10.9. The van der Waals surface area contributed by atoms with Gasteiger partial charge in [-0.05, 0) is 36.6 Å². The molecule has 13 nitrogen and oxygen atoms in total. The Morgan fingerprint density at radius 2 is 1.31 bits per heavy atom. The summed E-state index contributed by atoms with van der Waals surface area (Å²) >= 11 is 0. The van der Waals surface area contributed by atoms with E-state index in [2.05, 4.69) is 39.2 Å². The minimum absolute atomic E-state index is 0.188. The highest BCUT2D eigenvalue weighted by molar-refractivity contribution is 6.32. The van der Waals surface area contributed by atoms with Crippen LogP contribution in [0.5, 0.6) is 0 Å². The average molecular weight is 745 g/mol. The van der Waals surface area contributed by atoms with E-state index in [0.717, 1.165) is 64.4 Å². The molecule has 0 bridgehead atoms. The van der Waals surface area contributed by atoms with E-state index in [1.54, 1.807) is 12.1 Å². The van der Waals surface area contributed by atoms with Crippen molar-refractivity contribution in [2.45, 2.75) is 19.3 Å². The quantitative estimate of drug-likeness (QED) is 0.237. The van der Waals surface area contributed by atoms with Gasteiger partial charge < -0.3 is 34.8 Å². The maximum atomic E-state index is 13.9. The third-order valence-electron chi connectivity index (χ3n) is 10.9. The van der Waals surface area contributed by atoms with Crippen molar-refractivity contribution in [3.8, 4) is 0 Å². The van der Waals surface area contributed by atoms with Gasteiger partial charge in [-0.15, -0.1) is 0 Å². The summed E-state index contributed by atoms with van der Waals surface area (Å²) in [6, 6.07) is 15.3. The van der Waals surface area contributed by atoms with Gasteiger partial charge in [0.05, 0.1) is 26.4 Å². The number of imide groups is 1. The molecule has 3 aromatic carbocycles. The molecule has 55 heavy (non-hydrogen) atoms. The van der Waals surface area contributed by atoms with Crippen LogP contribution in [-0.2, 0) is 30.3 Å². The number of nitrogens with one attached hydrogen (secondary N) is 2. The van der Waals surface area contributed by atoms with Crippen molar-refractivity contribution >= 4 is 57.3 Å². The standard InChI is InChI=1S/C42H44N6O7/c1-27-24-28-12-13-35(46-18-22-55-23-19-46)29-6-2-8-31(38(28)29)40(51)47(27)25-36(49)43-14-5-15-44-37(50)26-48-41(52)32-9-3-7-30-34(45-16-20-54-21-17-45)11-4-10-33(39(30)32)42(48)53/h2-3,6-13H,1,4-5,14-26H2,(H,43,49)(H,44,50). The molecular formula is C42H44N6O7. The average Bonchev–Trinajstić information content (AvgIpc) is 3.46. The molecule has 2 N–H and O–H groups in total. The molecule has 8 rings (SSSR count). The van der Waals surface area contributed by atoms with Crippen molar-refractivity contribution in [3.05, 3.63) is 101 Å². The molecule has 5 amide bonds. The molecule has 3 aromatic rings. The van der Waals surface area contributed by atoms with Crippen LogP contribution in [0.3, 0.4) is 0 Å². The van der Waals surface area contributed by atoms with Crippen molar-refractivity contribution in [3.63, 3.8) is 0 Å². The summed E-state index contributed by atoms with van der Waals surface area (Å²) in [5.74, 6) is -2.11. The molecule has 5 aliphatic rings. The molecule has 0 saturated carbocycles. The lowest BCUT2D eigenvalue weighted by Gasteiger charge is -2.34. The van der Waals surface area contributed by atoms with Crippen LogP contribution in [0.4, 0.5) is 5.69 Å². The monoisotopic (exact) mass is 744 g/mol. The van der Waals surface area contributed by atoms with Gasteiger partial charge >= 0.3 is 0 Å². The molecular weight excluding hydrogens is 700 g/mol. The van der Waals surface area contributed by atoms with Crippen LogP contribution in [-0.4, -0.2) is 123 Å². The number of ether oxygens (including phenoxy) is 2. The zero-order chi connectivity index (χ0) is 38.1. The minimum atomic E-state index is -0.508. The van der Waals surface area contributed by atoms with Crippen LogP contribution in [0.1, 0.15) is 50.2 Å². The van der Waals surface area contributed by atoms with Gasteiger partial charge in [-0.25, -0.2) is 0 Å². The van der Waals surface area contributed by atoms with E-state index in [1.807, 2.05) is 36.4 Å². The molecule has 0 atom stereocenters. The largest absolute Gasteiger partial charge is 0.378 e. The van der Waals surface area contributed by atoms with E-state index in [0.29, 0.717) is 73.7 Å². The number of anilines is 1. The maximum Gasteiger partial charge on any atom is 0.261 e. The molecule has 0 spiro atoms. The van der Waals surface area contributed by atoms with E-state index in [9.17, 15) is 24.0 Å². The first-order valence-electron chi connectivity index (χ1n) is 18.9. The van der Waals surface area contributed by atoms with Gasteiger partial charge in [0.2, 0.25) is 11.8 Å². The Hall–Kier alpha value is -5.79. The van der Waals surface area contributed by atoms with Gasteiger partial charge in [-0.1, -0.05) is 49.1 Å². The first kappa shape index (κ1) is 36.2. The summed E-state index contributed by atoms with van der Waals surface area (Å²) < 4.78 is 11.1. The Morgan fingerprint density at radius 3 is 2.04 bits per heavy atom. The Morgan fingerprint density at radius 1 is 0.691 bits per heavy atom.